The van der Waals surface area contributed by atoms with Gasteiger partial charge in [0.1, 0.15) is 11.9 Å². The summed E-state index contributed by atoms with van der Waals surface area (Å²) < 4.78 is 4.94. The molecule has 1 atom stereocenters. The number of hydrogen-bond acceptors (Lipinski definition) is 3. The number of amides is 1. The zero-order valence-corrected chi connectivity index (χ0v) is 11.9. The molecular formula is C14H18ClNO3. The molecule has 4 nitrogen and oxygen atoms in total. The van der Waals surface area contributed by atoms with Crippen molar-refractivity contribution < 1.29 is 14.3 Å². The molecule has 1 aromatic carbocycles. The van der Waals surface area contributed by atoms with Crippen LogP contribution in [0.15, 0.2) is 30.3 Å². The van der Waals surface area contributed by atoms with Crippen molar-refractivity contribution in [3.8, 4) is 0 Å². The van der Waals surface area contributed by atoms with Gasteiger partial charge in [0.2, 0.25) is 5.91 Å². The number of nitrogens with zero attached hydrogens (tertiary/aromatic N) is 1. The first-order valence-corrected chi connectivity index (χ1v) is 6.69. The Morgan fingerprint density at radius 1 is 1.32 bits per heavy atom. The number of hydrogen-bond donors (Lipinski definition) is 0. The number of carbonyl (C=O) groups is 2. The average Bonchev–Trinajstić information content (AvgIpc) is 2.44. The van der Waals surface area contributed by atoms with Crippen LogP contribution in [0.1, 0.15) is 19.4 Å². The van der Waals surface area contributed by atoms with Crippen LogP contribution in [-0.2, 0) is 20.9 Å². The van der Waals surface area contributed by atoms with Crippen LogP contribution in [0.2, 0.25) is 0 Å². The molecule has 0 aromatic heterocycles. The fourth-order valence-electron chi connectivity index (χ4n) is 1.69. The topological polar surface area (TPSA) is 46.6 Å². The number of carbonyl (C=O) groups excluding carboxylic acids is 2. The van der Waals surface area contributed by atoms with Gasteiger partial charge in [-0.15, -0.1) is 11.6 Å². The van der Waals surface area contributed by atoms with Gasteiger partial charge in [-0.05, 0) is 19.4 Å². The molecule has 0 aliphatic heterocycles. The monoisotopic (exact) mass is 283 g/mol. The largest absolute Gasteiger partial charge is 0.464 e. The maximum absolute atomic E-state index is 11.9. The van der Waals surface area contributed by atoms with Gasteiger partial charge in [-0.2, -0.15) is 0 Å². The summed E-state index contributed by atoms with van der Waals surface area (Å²) >= 11 is 5.60. The van der Waals surface area contributed by atoms with Crippen LogP contribution in [0, 0.1) is 0 Å². The summed E-state index contributed by atoms with van der Waals surface area (Å²) in [6.07, 6.45) is 0. The Bertz CT molecular complexity index is 422. The van der Waals surface area contributed by atoms with Crippen LogP contribution in [0.25, 0.3) is 0 Å². The van der Waals surface area contributed by atoms with Crippen molar-refractivity contribution in [3.05, 3.63) is 35.9 Å². The minimum atomic E-state index is -0.647. The predicted octanol–water partition coefficient (Wildman–Crippen LogP) is 2.21. The third kappa shape index (κ3) is 4.56. The van der Waals surface area contributed by atoms with E-state index >= 15 is 0 Å². The van der Waals surface area contributed by atoms with Gasteiger partial charge in [-0.3, -0.25) is 4.79 Å². The minimum Gasteiger partial charge on any atom is -0.464 e. The first-order chi connectivity index (χ1) is 9.10. The number of rotatable bonds is 6. The molecule has 0 saturated carbocycles. The summed E-state index contributed by atoms with van der Waals surface area (Å²) in [5.41, 5.74) is 0.942. The van der Waals surface area contributed by atoms with Crippen LogP contribution < -0.4 is 0 Å². The molecule has 0 radical (unpaired) electrons. The highest BCUT2D eigenvalue weighted by Gasteiger charge is 2.26. The predicted molar refractivity (Wildman–Crippen MR) is 73.8 cm³/mol. The third-order valence-corrected chi connectivity index (χ3v) is 2.95. The third-order valence-electron chi connectivity index (χ3n) is 2.73. The molecule has 0 bridgehead atoms. The van der Waals surface area contributed by atoms with Crippen molar-refractivity contribution >= 4 is 23.5 Å². The molecule has 104 valence electrons. The summed E-state index contributed by atoms with van der Waals surface area (Å²) in [5, 5.41) is 0. The van der Waals surface area contributed by atoms with E-state index in [0.717, 1.165) is 5.56 Å². The van der Waals surface area contributed by atoms with Crippen molar-refractivity contribution in [2.24, 2.45) is 0 Å². The molecular weight excluding hydrogens is 266 g/mol. The lowest BCUT2D eigenvalue weighted by Gasteiger charge is -2.27. The first kappa shape index (κ1) is 15.5. The van der Waals surface area contributed by atoms with E-state index in [1.807, 2.05) is 30.3 Å². The van der Waals surface area contributed by atoms with Gasteiger partial charge in [0.15, 0.2) is 0 Å². The molecule has 0 aliphatic carbocycles. The molecule has 1 amide bonds. The van der Waals surface area contributed by atoms with E-state index in [1.54, 1.807) is 13.8 Å². The molecule has 0 spiro atoms. The molecule has 0 saturated heterocycles. The quantitative estimate of drug-likeness (QED) is 0.594. The highest BCUT2D eigenvalue weighted by molar-refractivity contribution is 6.27. The second kappa shape index (κ2) is 7.79. The van der Waals surface area contributed by atoms with Crippen molar-refractivity contribution in [1.82, 2.24) is 4.90 Å². The SMILES string of the molecule is CCOC(=O)C(C)N(Cc1ccccc1)C(=O)CCl. The highest BCUT2D eigenvalue weighted by Crippen LogP contribution is 2.11. The number of alkyl halides is 1. The minimum absolute atomic E-state index is 0.156. The van der Waals surface area contributed by atoms with E-state index in [1.165, 1.54) is 4.90 Å². The lowest BCUT2D eigenvalue weighted by Crippen LogP contribution is -2.44. The van der Waals surface area contributed by atoms with Crippen LogP contribution >= 0.6 is 11.6 Å². The second-order valence-corrected chi connectivity index (χ2v) is 4.34. The molecule has 0 heterocycles. The Hall–Kier alpha value is -1.55. The average molecular weight is 284 g/mol. The van der Waals surface area contributed by atoms with Crippen LogP contribution in [0.5, 0.6) is 0 Å². The van der Waals surface area contributed by atoms with Gasteiger partial charge in [0.25, 0.3) is 0 Å². The van der Waals surface area contributed by atoms with Gasteiger partial charge in [-0.1, -0.05) is 30.3 Å². The van der Waals surface area contributed by atoms with Crippen molar-refractivity contribution in [2.75, 3.05) is 12.5 Å². The zero-order chi connectivity index (χ0) is 14.3. The molecule has 0 fully saturated rings. The Kier molecular flexibility index (Phi) is 6.36. The lowest BCUT2D eigenvalue weighted by atomic mass is 10.2. The maximum Gasteiger partial charge on any atom is 0.328 e. The van der Waals surface area contributed by atoms with Gasteiger partial charge < -0.3 is 9.64 Å². The first-order valence-electron chi connectivity index (χ1n) is 6.16. The summed E-state index contributed by atoms with van der Waals surface area (Å²) in [5.74, 6) is -0.862. The highest BCUT2D eigenvalue weighted by atomic mass is 35.5. The Morgan fingerprint density at radius 2 is 1.95 bits per heavy atom. The van der Waals surface area contributed by atoms with Gasteiger partial charge >= 0.3 is 5.97 Å². The van der Waals surface area contributed by atoms with E-state index in [9.17, 15) is 9.59 Å². The number of esters is 1. The van der Waals surface area contributed by atoms with Gasteiger partial charge in [-0.25, -0.2) is 4.79 Å². The Morgan fingerprint density at radius 3 is 2.47 bits per heavy atom. The fraction of sp³-hybridized carbons (Fsp3) is 0.429. The summed E-state index contributed by atoms with van der Waals surface area (Å²) in [6.45, 7) is 4.00. The van der Waals surface area contributed by atoms with Gasteiger partial charge in [0.05, 0.1) is 6.61 Å². The van der Waals surface area contributed by atoms with Crippen LogP contribution in [0.4, 0.5) is 0 Å². The van der Waals surface area contributed by atoms with Crippen molar-refractivity contribution in [1.29, 1.82) is 0 Å². The van der Waals surface area contributed by atoms with E-state index in [4.69, 9.17) is 16.3 Å². The summed E-state index contributed by atoms with van der Waals surface area (Å²) in [6, 6.07) is 8.80. The van der Waals surface area contributed by atoms with E-state index in [-0.39, 0.29) is 18.4 Å². The molecule has 5 heteroatoms. The summed E-state index contributed by atoms with van der Waals surface area (Å²) in [7, 11) is 0. The lowest BCUT2D eigenvalue weighted by molar-refractivity contribution is -0.153. The Labute approximate surface area is 118 Å². The van der Waals surface area contributed by atoms with Crippen molar-refractivity contribution in [3.63, 3.8) is 0 Å². The summed E-state index contributed by atoms with van der Waals surface area (Å²) in [4.78, 5) is 25.0. The number of benzene rings is 1. The van der Waals surface area contributed by atoms with E-state index in [0.29, 0.717) is 6.54 Å². The molecule has 0 N–H and O–H groups in total. The standard InChI is InChI=1S/C14H18ClNO3/c1-3-19-14(18)11(2)16(13(17)9-15)10-12-7-5-4-6-8-12/h4-8,11H,3,9-10H2,1-2H3. The fourth-order valence-corrected chi connectivity index (χ4v) is 1.84. The second-order valence-electron chi connectivity index (χ2n) is 4.07. The van der Waals surface area contributed by atoms with E-state index < -0.39 is 12.0 Å². The molecule has 1 aromatic rings. The van der Waals surface area contributed by atoms with Crippen molar-refractivity contribution in [2.45, 2.75) is 26.4 Å². The Balaban J connectivity index is 2.83. The maximum atomic E-state index is 11.9. The molecule has 19 heavy (non-hydrogen) atoms. The van der Waals surface area contributed by atoms with E-state index in [2.05, 4.69) is 0 Å². The zero-order valence-electron chi connectivity index (χ0n) is 11.1. The molecule has 1 unspecified atom stereocenters. The number of ether oxygens (including phenoxy) is 1. The number of halogens is 1. The molecule has 0 aliphatic rings. The molecule has 1 rings (SSSR count). The van der Waals surface area contributed by atoms with Crippen LogP contribution in [0.3, 0.4) is 0 Å². The smallest absolute Gasteiger partial charge is 0.328 e. The normalized spacial score (nSPS) is 11.7. The van der Waals surface area contributed by atoms with Gasteiger partial charge in [0, 0.05) is 6.54 Å². The van der Waals surface area contributed by atoms with Crippen LogP contribution in [-0.4, -0.2) is 35.3 Å².